The van der Waals surface area contributed by atoms with Gasteiger partial charge in [-0.3, -0.25) is 0 Å². The molecule has 0 aliphatic rings. The highest BCUT2D eigenvalue weighted by Crippen LogP contribution is 2.23. The smallest absolute Gasteiger partial charge is 0.123 e. The van der Waals surface area contributed by atoms with E-state index < -0.39 is 0 Å². The molecule has 0 unspecified atom stereocenters. The summed E-state index contributed by atoms with van der Waals surface area (Å²) in [4.78, 5) is 0. The van der Waals surface area contributed by atoms with Crippen molar-refractivity contribution >= 4 is 17.1 Å². The number of hydrogen-bond donors (Lipinski definition) is 1. The number of benzene rings is 2. The summed E-state index contributed by atoms with van der Waals surface area (Å²) in [5, 5.41) is 7.94. The topological polar surface area (TPSA) is 50.7 Å². The molecule has 0 saturated heterocycles. The number of anilines is 1. The van der Waals surface area contributed by atoms with E-state index in [1.165, 1.54) is 12.1 Å². The minimum Gasteiger partial charge on any atom is -0.397 e. The lowest BCUT2D eigenvalue weighted by Gasteiger charge is -1.96. The molecule has 0 spiro atoms. The molecule has 0 heterocycles. The Kier molecular flexibility index (Phi) is 2.91. The fourth-order valence-electron chi connectivity index (χ4n) is 1.20. The van der Waals surface area contributed by atoms with Crippen LogP contribution >= 0.6 is 0 Å². The van der Waals surface area contributed by atoms with E-state index in [0.29, 0.717) is 17.1 Å². The fourth-order valence-corrected chi connectivity index (χ4v) is 1.20. The minimum atomic E-state index is -0.293. The van der Waals surface area contributed by atoms with E-state index in [1.807, 2.05) is 12.1 Å². The van der Waals surface area contributed by atoms with Crippen molar-refractivity contribution in [3.05, 3.63) is 54.3 Å². The molecule has 0 fully saturated rings. The highest BCUT2D eigenvalue weighted by molar-refractivity contribution is 5.61. The van der Waals surface area contributed by atoms with E-state index in [2.05, 4.69) is 10.2 Å². The zero-order valence-electron chi connectivity index (χ0n) is 8.47. The molecule has 0 amide bonds. The molecule has 2 rings (SSSR count). The van der Waals surface area contributed by atoms with Gasteiger partial charge in [0.05, 0.1) is 11.4 Å². The maximum atomic E-state index is 12.6. The normalized spacial score (nSPS) is 10.8. The Morgan fingerprint density at radius 3 is 2.25 bits per heavy atom. The van der Waals surface area contributed by atoms with E-state index >= 15 is 0 Å². The van der Waals surface area contributed by atoms with Crippen LogP contribution in [0.25, 0.3) is 0 Å². The summed E-state index contributed by atoms with van der Waals surface area (Å²) in [7, 11) is 0. The van der Waals surface area contributed by atoms with Gasteiger partial charge in [-0.25, -0.2) is 4.39 Å². The predicted molar refractivity (Wildman–Crippen MR) is 61.4 cm³/mol. The highest BCUT2D eigenvalue weighted by Gasteiger charge is 1.95. The van der Waals surface area contributed by atoms with Gasteiger partial charge in [0, 0.05) is 0 Å². The van der Waals surface area contributed by atoms with E-state index in [4.69, 9.17) is 5.73 Å². The summed E-state index contributed by atoms with van der Waals surface area (Å²) in [6, 6.07) is 12.9. The molecule has 2 N–H and O–H groups in total. The molecule has 16 heavy (non-hydrogen) atoms. The Labute approximate surface area is 92.4 Å². The molecule has 0 bridgehead atoms. The van der Waals surface area contributed by atoms with Gasteiger partial charge in [-0.15, -0.1) is 5.11 Å². The van der Waals surface area contributed by atoms with Crippen molar-refractivity contribution in [2.45, 2.75) is 0 Å². The van der Waals surface area contributed by atoms with Gasteiger partial charge in [0.1, 0.15) is 11.5 Å². The quantitative estimate of drug-likeness (QED) is 0.600. The summed E-state index contributed by atoms with van der Waals surface area (Å²) in [5.41, 5.74) is 7.45. The van der Waals surface area contributed by atoms with Gasteiger partial charge in [0.25, 0.3) is 0 Å². The zero-order valence-corrected chi connectivity index (χ0v) is 8.47. The Morgan fingerprint density at radius 2 is 1.56 bits per heavy atom. The van der Waals surface area contributed by atoms with Crippen molar-refractivity contribution in [2.75, 3.05) is 5.73 Å². The van der Waals surface area contributed by atoms with Gasteiger partial charge in [-0.1, -0.05) is 12.1 Å². The first-order chi connectivity index (χ1) is 7.75. The molecular weight excluding hydrogens is 205 g/mol. The average molecular weight is 215 g/mol. The van der Waals surface area contributed by atoms with Crippen molar-refractivity contribution in [2.24, 2.45) is 10.2 Å². The molecule has 4 heteroatoms. The number of rotatable bonds is 2. The number of halogens is 1. The third kappa shape index (κ3) is 2.42. The van der Waals surface area contributed by atoms with Gasteiger partial charge in [0.15, 0.2) is 0 Å². The first kappa shape index (κ1) is 10.3. The molecule has 80 valence electrons. The van der Waals surface area contributed by atoms with Crippen LogP contribution in [0, 0.1) is 5.82 Å². The largest absolute Gasteiger partial charge is 0.397 e. The lowest BCUT2D eigenvalue weighted by Crippen LogP contribution is -1.82. The molecule has 0 aliphatic carbocycles. The number of para-hydroxylation sites is 1. The summed E-state index contributed by atoms with van der Waals surface area (Å²) in [5.74, 6) is -0.293. The van der Waals surface area contributed by atoms with E-state index in [0.717, 1.165) is 0 Å². The summed E-state index contributed by atoms with van der Waals surface area (Å²) >= 11 is 0. The van der Waals surface area contributed by atoms with Gasteiger partial charge in [-0.05, 0) is 36.4 Å². The van der Waals surface area contributed by atoms with Crippen molar-refractivity contribution < 1.29 is 4.39 Å². The first-order valence-electron chi connectivity index (χ1n) is 4.77. The highest BCUT2D eigenvalue weighted by atomic mass is 19.1. The molecule has 2 aromatic rings. The van der Waals surface area contributed by atoms with Gasteiger partial charge < -0.3 is 5.73 Å². The average Bonchev–Trinajstić information content (AvgIpc) is 2.30. The van der Waals surface area contributed by atoms with Crippen LogP contribution < -0.4 is 5.73 Å². The fraction of sp³-hybridized carbons (Fsp3) is 0. The molecule has 0 aromatic heterocycles. The maximum Gasteiger partial charge on any atom is 0.123 e. The zero-order chi connectivity index (χ0) is 11.4. The molecule has 0 saturated carbocycles. The summed E-state index contributed by atoms with van der Waals surface area (Å²) < 4.78 is 12.6. The van der Waals surface area contributed by atoms with Crippen LogP contribution in [-0.2, 0) is 0 Å². The molecule has 0 radical (unpaired) electrons. The van der Waals surface area contributed by atoms with E-state index in [1.54, 1.807) is 24.3 Å². The number of nitrogens with two attached hydrogens (primary N) is 1. The second-order valence-electron chi connectivity index (χ2n) is 3.24. The van der Waals surface area contributed by atoms with Crippen LogP contribution in [0.2, 0.25) is 0 Å². The van der Waals surface area contributed by atoms with E-state index in [9.17, 15) is 4.39 Å². The second-order valence-corrected chi connectivity index (χ2v) is 3.24. The van der Waals surface area contributed by atoms with Crippen molar-refractivity contribution in [3.63, 3.8) is 0 Å². The van der Waals surface area contributed by atoms with Crippen molar-refractivity contribution in [1.29, 1.82) is 0 Å². The molecule has 2 aromatic carbocycles. The van der Waals surface area contributed by atoms with Crippen LogP contribution in [0.15, 0.2) is 58.8 Å². The van der Waals surface area contributed by atoms with Crippen LogP contribution in [0.4, 0.5) is 21.5 Å². The third-order valence-electron chi connectivity index (χ3n) is 2.04. The maximum absolute atomic E-state index is 12.6. The lowest BCUT2D eigenvalue weighted by atomic mass is 10.3. The Bertz CT molecular complexity index is 506. The molecule has 3 nitrogen and oxygen atoms in total. The SMILES string of the molecule is Nc1ccccc1N=Nc1ccc(F)cc1. The number of nitrogens with zero attached hydrogens (tertiary/aromatic N) is 2. The number of nitrogen functional groups attached to an aromatic ring is 1. The van der Waals surface area contributed by atoms with Crippen LogP contribution in [0.3, 0.4) is 0 Å². The molecular formula is C12H10FN3. The van der Waals surface area contributed by atoms with Gasteiger partial charge in [0.2, 0.25) is 0 Å². The predicted octanol–water partition coefficient (Wildman–Crippen LogP) is 3.82. The first-order valence-corrected chi connectivity index (χ1v) is 4.77. The summed E-state index contributed by atoms with van der Waals surface area (Å²) in [6.07, 6.45) is 0. The Morgan fingerprint density at radius 1 is 0.875 bits per heavy atom. The molecule has 0 aliphatic heterocycles. The van der Waals surface area contributed by atoms with Gasteiger partial charge >= 0.3 is 0 Å². The summed E-state index contributed by atoms with van der Waals surface area (Å²) in [6.45, 7) is 0. The lowest BCUT2D eigenvalue weighted by molar-refractivity contribution is 0.628. The Hall–Kier alpha value is -2.23. The Balaban J connectivity index is 2.21. The standard InChI is InChI=1S/C12H10FN3/c13-9-5-7-10(8-6-9)15-16-12-4-2-1-3-11(12)14/h1-8H,14H2. The minimum absolute atomic E-state index is 0.293. The van der Waals surface area contributed by atoms with E-state index in [-0.39, 0.29) is 5.82 Å². The van der Waals surface area contributed by atoms with Crippen LogP contribution in [-0.4, -0.2) is 0 Å². The van der Waals surface area contributed by atoms with Crippen LogP contribution in [0.1, 0.15) is 0 Å². The monoisotopic (exact) mass is 215 g/mol. The third-order valence-corrected chi connectivity index (χ3v) is 2.04. The number of hydrogen-bond acceptors (Lipinski definition) is 3. The molecule has 0 atom stereocenters. The van der Waals surface area contributed by atoms with Crippen LogP contribution in [0.5, 0.6) is 0 Å². The van der Waals surface area contributed by atoms with Gasteiger partial charge in [-0.2, -0.15) is 5.11 Å². The number of azo groups is 1. The second kappa shape index (κ2) is 4.53. The van der Waals surface area contributed by atoms with Crippen molar-refractivity contribution in [3.8, 4) is 0 Å². The van der Waals surface area contributed by atoms with Crippen molar-refractivity contribution in [1.82, 2.24) is 0 Å².